The van der Waals surface area contributed by atoms with Crippen LogP contribution < -0.4 is 10.2 Å². The van der Waals surface area contributed by atoms with E-state index in [2.05, 4.69) is 99.0 Å². The maximum absolute atomic E-state index is 13.6. The largest absolute Gasteiger partial charge is 0.756 e. The van der Waals surface area contributed by atoms with Gasteiger partial charge in [0.05, 0.1) is 33.8 Å². The van der Waals surface area contributed by atoms with Crippen LogP contribution in [0.4, 0.5) is 0 Å². The molecule has 0 aromatic rings. The van der Waals surface area contributed by atoms with Gasteiger partial charge in [-0.3, -0.25) is 14.2 Å². The van der Waals surface area contributed by atoms with Gasteiger partial charge in [-0.25, -0.2) is 0 Å². The quantitative estimate of drug-likeness (QED) is 0.0212. The third-order valence-electron chi connectivity index (χ3n) is 15.8. The van der Waals surface area contributed by atoms with Crippen LogP contribution in [-0.4, -0.2) is 69.4 Å². The molecule has 3 unspecified atom stereocenters. The van der Waals surface area contributed by atoms with Crippen molar-refractivity contribution in [2.24, 2.45) is 0 Å². The summed E-state index contributed by atoms with van der Waals surface area (Å²) in [6.07, 6.45) is 85.6. The molecule has 10 heteroatoms. The molecule has 9 nitrogen and oxygen atoms in total. The molecule has 0 radical (unpaired) electrons. The Hall–Kier alpha value is -2.81. The van der Waals surface area contributed by atoms with Crippen LogP contribution in [0, 0.1) is 0 Å². The number of esters is 1. The molecule has 0 heterocycles. The molecule has 1 N–H and O–H groups in total. The Balaban J connectivity index is 5.10. The SMILES string of the molecule is CC/C=C\C/C=C\C/C=C\C/C=C\C/C=C\C/C=C\CCCCCCCCCCC(=O)OC(/C=C/CCCCCCCCCCCCC)C(COP(=O)([O-])OCC[N+](C)(C)C)NC(=O)CCCCCCCCCCCCCCCCCCCCC. The number of phosphoric acid groups is 1. The molecule has 0 aromatic carbocycles. The van der Waals surface area contributed by atoms with Gasteiger partial charge in [-0.05, 0) is 83.1 Å². The van der Waals surface area contributed by atoms with Crippen molar-refractivity contribution in [3.8, 4) is 0 Å². The van der Waals surface area contributed by atoms with Crippen LogP contribution in [0.5, 0.6) is 0 Å². The normalized spacial score (nSPS) is 14.0. The van der Waals surface area contributed by atoms with Gasteiger partial charge in [-0.15, -0.1) is 0 Å². The van der Waals surface area contributed by atoms with Gasteiger partial charge in [-0.2, -0.15) is 0 Å². The first-order valence-electron chi connectivity index (χ1n) is 35.9. The lowest BCUT2D eigenvalue weighted by Crippen LogP contribution is -2.47. The number of hydrogen-bond acceptors (Lipinski definition) is 7. The fraction of sp³-hybridized carbons (Fsp3) is 0.787. The van der Waals surface area contributed by atoms with Crippen molar-refractivity contribution in [3.05, 3.63) is 85.1 Å². The van der Waals surface area contributed by atoms with Gasteiger partial charge in [0.15, 0.2) is 0 Å². The molecule has 3 atom stereocenters. The summed E-state index contributed by atoms with van der Waals surface area (Å²) in [7, 11) is 1.18. The van der Waals surface area contributed by atoms with E-state index < -0.39 is 26.6 Å². The van der Waals surface area contributed by atoms with Gasteiger partial charge in [0.2, 0.25) is 5.91 Å². The van der Waals surface area contributed by atoms with E-state index in [0.717, 1.165) is 109 Å². The van der Waals surface area contributed by atoms with Crippen molar-refractivity contribution in [2.75, 3.05) is 40.9 Å². The van der Waals surface area contributed by atoms with Crippen LogP contribution in [0.1, 0.15) is 329 Å². The third kappa shape index (κ3) is 65.5. The number of rotatable bonds is 65. The van der Waals surface area contributed by atoms with E-state index in [-0.39, 0.29) is 24.9 Å². The maximum Gasteiger partial charge on any atom is 0.306 e. The molecule has 85 heavy (non-hydrogen) atoms. The highest BCUT2D eigenvalue weighted by atomic mass is 31.2. The average molecular weight is 1210 g/mol. The Bertz CT molecular complexity index is 1730. The Morgan fingerprint density at radius 2 is 0.753 bits per heavy atom. The molecule has 1 amide bonds. The zero-order valence-corrected chi connectivity index (χ0v) is 57.4. The molecule has 0 aliphatic rings. The average Bonchev–Trinajstić information content (AvgIpc) is 3.50. The van der Waals surface area contributed by atoms with Crippen LogP contribution in [0.15, 0.2) is 85.1 Å². The number of quaternary nitrogens is 1. The molecule has 0 bridgehead atoms. The molecule has 0 saturated carbocycles. The van der Waals surface area contributed by atoms with Crippen LogP contribution in [0.3, 0.4) is 0 Å². The number of allylic oxidation sites excluding steroid dienone is 13. The first-order valence-corrected chi connectivity index (χ1v) is 37.4. The van der Waals surface area contributed by atoms with E-state index in [4.69, 9.17) is 13.8 Å². The van der Waals surface area contributed by atoms with Crippen LogP contribution in [0.2, 0.25) is 0 Å². The number of amides is 1. The number of unbranched alkanes of at least 4 members (excludes halogenated alkanes) is 37. The number of carbonyl (C=O) groups is 2. The Kier molecular flexibility index (Phi) is 62.1. The van der Waals surface area contributed by atoms with Crippen molar-refractivity contribution >= 4 is 19.7 Å². The predicted octanol–water partition coefficient (Wildman–Crippen LogP) is 22.3. The van der Waals surface area contributed by atoms with Gasteiger partial charge in [-0.1, -0.05) is 318 Å². The summed E-state index contributed by atoms with van der Waals surface area (Å²) in [5, 5.41) is 3.05. The highest BCUT2D eigenvalue weighted by Crippen LogP contribution is 2.38. The first-order chi connectivity index (χ1) is 41.4. The van der Waals surface area contributed by atoms with Crippen molar-refractivity contribution in [3.63, 3.8) is 0 Å². The predicted molar refractivity (Wildman–Crippen MR) is 367 cm³/mol. The second-order valence-electron chi connectivity index (χ2n) is 25.4. The fourth-order valence-electron chi connectivity index (χ4n) is 10.4. The number of likely N-dealkylation sites (N-methyl/N-ethyl adjacent to an activating group) is 1. The fourth-order valence-corrected chi connectivity index (χ4v) is 11.1. The molecule has 0 aliphatic heterocycles. The lowest BCUT2D eigenvalue weighted by Gasteiger charge is -2.30. The maximum atomic E-state index is 13.6. The Morgan fingerprint density at radius 1 is 0.424 bits per heavy atom. The van der Waals surface area contributed by atoms with E-state index in [1.54, 1.807) is 0 Å². The lowest BCUT2D eigenvalue weighted by atomic mass is 10.0. The summed E-state index contributed by atoms with van der Waals surface area (Å²) in [4.78, 5) is 40.2. The van der Waals surface area contributed by atoms with Gasteiger partial charge >= 0.3 is 5.97 Å². The molecule has 0 aliphatic carbocycles. The molecular weight excluding hydrogens is 1070 g/mol. The van der Waals surface area contributed by atoms with Gasteiger partial charge in [0.25, 0.3) is 7.82 Å². The van der Waals surface area contributed by atoms with E-state index >= 15 is 0 Å². The van der Waals surface area contributed by atoms with Crippen LogP contribution in [0.25, 0.3) is 0 Å². The number of nitrogens with zero attached hydrogens (tertiary/aromatic N) is 1. The monoisotopic (exact) mass is 1210 g/mol. The number of ether oxygens (including phenoxy) is 1. The van der Waals surface area contributed by atoms with E-state index in [9.17, 15) is 19.0 Å². The second kappa shape index (κ2) is 64.2. The van der Waals surface area contributed by atoms with Crippen molar-refractivity contribution in [1.82, 2.24) is 5.32 Å². The summed E-state index contributed by atoms with van der Waals surface area (Å²) < 4.78 is 30.5. The summed E-state index contributed by atoms with van der Waals surface area (Å²) >= 11 is 0. The van der Waals surface area contributed by atoms with Gasteiger partial charge in [0, 0.05) is 12.8 Å². The topological polar surface area (TPSA) is 114 Å². The minimum Gasteiger partial charge on any atom is -0.756 e. The molecule has 0 spiro atoms. The minimum atomic E-state index is -4.71. The van der Waals surface area contributed by atoms with E-state index in [0.29, 0.717) is 17.4 Å². The van der Waals surface area contributed by atoms with Crippen molar-refractivity contribution in [2.45, 2.75) is 341 Å². The lowest BCUT2D eigenvalue weighted by molar-refractivity contribution is -0.870. The van der Waals surface area contributed by atoms with Gasteiger partial charge in [0.1, 0.15) is 19.3 Å². The van der Waals surface area contributed by atoms with E-state index in [1.165, 1.54) is 186 Å². The molecule has 494 valence electrons. The van der Waals surface area contributed by atoms with Crippen LogP contribution in [-0.2, 0) is 27.9 Å². The molecular formula is C75H137N2O7P. The molecule has 0 saturated heterocycles. The van der Waals surface area contributed by atoms with Gasteiger partial charge < -0.3 is 28.5 Å². The highest BCUT2D eigenvalue weighted by Gasteiger charge is 2.27. The number of hydrogen-bond donors (Lipinski definition) is 1. The Labute approximate surface area is 526 Å². The van der Waals surface area contributed by atoms with Crippen LogP contribution >= 0.6 is 7.82 Å². The van der Waals surface area contributed by atoms with Crippen molar-refractivity contribution in [1.29, 1.82) is 0 Å². The Morgan fingerprint density at radius 3 is 1.13 bits per heavy atom. The highest BCUT2D eigenvalue weighted by molar-refractivity contribution is 7.45. The molecule has 0 rings (SSSR count). The zero-order chi connectivity index (χ0) is 62.1. The summed E-state index contributed by atoms with van der Waals surface area (Å²) in [5.74, 6) is -0.540. The summed E-state index contributed by atoms with van der Waals surface area (Å²) in [6.45, 7) is 6.77. The van der Waals surface area contributed by atoms with Crippen molar-refractivity contribution < 1.29 is 37.3 Å². The smallest absolute Gasteiger partial charge is 0.306 e. The number of nitrogens with one attached hydrogen (secondary N) is 1. The third-order valence-corrected chi connectivity index (χ3v) is 16.8. The standard InChI is InChI=1S/C75H137N2O7P/c1-7-10-13-16-19-22-25-28-30-32-34-35-36-37-38-39-40-41-43-45-47-50-53-56-59-62-65-68-75(79)84-73(66-63-60-57-54-51-48-27-24-21-18-15-12-9-3)72(71-83-85(80,81)82-70-69-77(4,5)6)76-74(78)67-64-61-58-55-52-49-46-44-42-33-31-29-26-23-20-17-14-11-8-2/h10,13,19,22,28,30,34-35,37-38,40-41,63,66,72-73H,7-9,11-12,14-18,20-21,23-27,29,31-33,36,39,42-62,64-65,67-71H2,1-6H3,(H-,76,78,80,81)/b13-10-,22-19-,30-28-,35-34-,38-37-,41-40-,66-63+. The molecule has 0 aromatic heterocycles. The first kappa shape index (κ1) is 82.2. The zero-order valence-electron chi connectivity index (χ0n) is 56.6. The minimum absolute atomic E-state index is 0.0248. The number of phosphoric ester groups is 1. The summed E-state index contributed by atoms with van der Waals surface area (Å²) in [5.41, 5.74) is 0. The van der Waals surface area contributed by atoms with E-state index in [1.807, 2.05) is 33.3 Å². The second-order valence-corrected chi connectivity index (χ2v) is 26.8. The molecule has 0 fully saturated rings. The summed E-state index contributed by atoms with van der Waals surface area (Å²) in [6, 6.07) is -0.894. The number of carbonyl (C=O) groups excluding carboxylic acids is 2.